The smallest absolute Gasteiger partial charge is 0.140 e. The predicted octanol–water partition coefficient (Wildman–Crippen LogP) is 0.877. The van der Waals surface area contributed by atoms with E-state index in [1.54, 1.807) is 11.8 Å². The van der Waals surface area contributed by atoms with Gasteiger partial charge in [-0.2, -0.15) is 0 Å². The van der Waals surface area contributed by atoms with Crippen LogP contribution in [0.25, 0.3) is 0 Å². The zero-order chi connectivity index (χ0) is 14.5. The zero-order valence-electron chi connectivity index (χ0n) is 12.3. The Labute approximate surface area is 124 Å². The number of nitrogens with one attached hydrogen (secondary N) is 1. The predicted molar refractivity (Wildman–Crippen MR) is 79.8 cm³/mol. The average Bonchev–Trinajstić information content (AvgIpc) is 2.98. The summed E-state index contributed by atoms with van der Waals surface area (Å²) in [6.45, 7) is 4.47. The van der Waals surface area contributed by atoms with Gasteiger partial charge in [-0.05, 0) is 5.56 Å². The summed E-state index contributed by atoms with van der Waals surface area (Å²) in [6, 6.07) is 10.7. The Bertz CT molecular complexity index is 550. The molecule has 1 unspecified atom stereocenters. The lowest BCUT2D eigenvalue weighted by Gasteiger charge is -2.34. The molecule has 0 radical (unpaired) electrons. The van der Waals surface area contributed by atoms with Crippen LogP contribution in [0, 0.1) is 0 Å². The monoisotopic (exact) mass is 287 g/mol. The highest BCUT2D eigenvalue weighted by Crippen LogP contribution is 2.27. The Morgan fingerprint density at radius 3 is 2.71 bits per heavy atom. The van der Waals surface area contributed by atoms with Crippen molar-refractivity contribution < 1.29 is 4.74 Å². The molecule has 112 valence electrons. The third kappa shape index (κ3) is 3.29. The number of methoxy groups -OCH3 is 1. The molecule has 1 aliphatic rings. The molecule has 0 bridgehead atoms. The van der Waals surface area contributed by atoms with Gasteiger partial charge >= 0.3 is 0 Å². The molecule has 0 aliphatic carbocycles. The molecular formula is C15H21N5O. The molecule has 1 atom stereocenters. The molecule has 1 fully saturated rings. The fraction of sp³-hybridized carbons (Fsp3) is 0.467. The van der Waals surface area contributed by atoms with Crippen LogP contribution in [0.15, 0.2) is 36.5 Å². The standard InChI is InChI=1S/C15H21N5O/c1-21-12-20-11-14(17-18-20)15(13-5-3-2-4-6-13)19-9-7-16-8-10-19/h2-6,11,15-16H,7-10,12H2,1H3. The normalized spacial score (nSPS) is 17.8. The minimum atomic E-state index is 0.152. The van der Waals surface area contributed by atoms with Crippen LogP contribution >= 0.6 is 0 Å². The van der Waals surface area contributed by atoms with Gasteiger partial charge in [-0.15, -0.1) is 5.10 Å². The Kier molecular flexibility index (Phi) is 4.59. The van der Waals surface area contributed by atoms with Crippen molar-refractivity contribution in [1.29, 1.82) is 0 Å². The summed E-state index contributed by atoms with van der Waals surface area (Å²) in [5.41, 5.74) is 2.23. The van der Waals surface area contributed by atoms with Gasteiger partial charge in [0.2, 0.25) is 0 Å². The topological polar surface area (TPSA) is 55.2 Å². The van der Waals surface area contributed by atoms with E-state index in [1.807, 2.05) is 12.3 Å². The first-order valence-corrected chi connectivity index (χ1v) is 7.27. The van der Waals surface area contributed by atoms with E-state index in [0.717, 1.165) is 31.9 Å². The van der Waals surface area contributed by atoms with Crippen molar-refractivity contribution >= 4 is 0 Å². The zero-order valence-corrected chi connectivity index (χ0v) is 12.3. The Morgan fingerprint density at radius 1 is 1.24 bits per heavy atom. The van der Waals surface area contributed by atoms with Crippen molar-refractivity contribution in [1.82, 2.24) is 25.2 Å². The van der Waals surface area contributed by atoms with Crippen molar-refractivity contribution in [2.75, 3.05) is 33.3 Å². The molecule has 1 aliphatic heterocycles. The van der Waals surface area contributed by atoms with E-state index in [2.05, 4.69) is 44.8 Å². The van der Waals surface area contributed by atoms with Gasteiger partial charge in [0.1, 0.15) is 12.4 Å². The highest BCUT2D eigenvalue weighted by Gasteiger charge is 2.26. The van der Waals surface area contributed by atoms with E-state index in [-0.39, 0.29) is 6.04 Å². The fourth-order valence-corrected chi connectivity index (χ4v) is 2.78. The molecule has 0 spiro atoms. The maximum Gasteiger partial charge on any atom is 0.140 e. The number of aromatic nitrogens is 3. The van der Waals surface area contributed by atoms with Crippen LogP contribution < -0.4 is 5.32 Å². The molecular weight excluding hydrogens is 266 g/mol. The van der Waals surface area contributed by atoms with Crippen LogP contribution in [0.4, 0.5) is 0 Å². The summed E-state index contributed by atoms with van der Waals surface area (Å²) in [5, 5.41) is 11.9. The molecule has 1 aromatic heterocycles. The van der Waals surface area contributed by atoms with E-state index >= 15 is 0 Å². The second-order valence-electron chi connectivity index (χ2n) is 5.20. The quantitative estimate of drug-likeness (QED) is 0.884. The van der Waals surface area contributed by atoms with Gasteiger partial charge in [-0.25, -0.2) is 4.68 Å². The summed E-state index contributed by atoms with van der Waals surface area (Å²) in [4.78, 5) is 2.45. The van der Waals surface area contributed by atoms with Crippen molar-refractivity contribution in [3.05, 3.63) is 47.8 Å². The summed E-state index contributed by atoms with van der Waals surface area (Å²) >= 11 is 0. The number of hydrogen-bond donors (Lipinski definition) is 1. The highest BCUT2D eigenvalue weighted by molar-refractivity contribution is 5.26. The first-order chi connectivity index (χ1) is 10.4. The molecule has 6 heteroatoms. The minimum absolute atomic E-state index is 0.152. The second kappa shape index (κ2) is 6.80. The van der Waals surface area contributed by atoms with Gasteiger partial charge in [0.25, 0.3) is 0 Å². The van der Waals surface area contributed by atoms with Crippen molar-refractivity contribution in [3.63, 3.8) is 0 Å². The minimum Gasteiger partial charge on any atom is -0.362 e. The third-order valence-corrected chi connectivity index (χ3v) is 3.73. The number of rotatable bonds is 5. The van der Waals surface area contributed by atoms with Crippen LogP contribution in [-0.2, 0) is 11.5 Å². The Hall–Kier alpha value is -1.76. The lowest BCUT2D eigenvalue weighted by Crippen LogP contribution is -2.45. The molecule has 6 nitrogen and oxygen atoms in total. The molecule has 0 amide bonds. The Balaban J connectivity index is 1.90. The number of hydrogen-bond acceptors (Lipinski definition) is 5. The van der Waals surface area contributed by atoms with Gasteiger partial charge in [0.05, 0.1) is 12.2 Å². The molecule has 3 rings (SSSR count). The molecule has 1 saturated heterocycles. The molecule has 1 N–H and O–H groups in total. The molecule has 0 saturated carbocycles. The van der Waals surface area contributed by atoms with Crippen LogP contribution in [0.2, 0.25) is 0 Å². The van der Waals surface area contributed by atoms with Gasteiger partial charge < -0.3 is 10.1 Å². The SMILES string of the molecule is COCn1cc(C(c2ccccc2)N2CCNCC2)nn1. The van der Waals surface area contributed by atoms with Crippen molar-refractivity contribution in [3.8, 4) is 0 Å². The van der Waals surface area contributed by atoms with Crippen LogP contribution in [0.3, 0.4) is 0 Å². The van der Waals surface area contributed by atoms with E-state index < -0.39 is 0 Å². The van der Waals surface area contributed by atoms with E-state index in [1.165, 1.54) is 5.56 Å². The van der Waals surface area contributed by atoms with Crippen LogP contribution in [0.5, 0.6) is 0 Å². The van der Waals surface area contributed by atoms with Gasteiger partial charge in [-0.1, -0.05) is 35.5 Å². The maximum absolute atomic E-state index is 5.11. The van der Waals surface area contributed by atoms with Gasteiger partial charge in [0.15, 0.2) is 0 Å². The van der Waals surface area contributed by atoms with E-state index in [4.69, 9.17) is 4.74 Å². The van der Waals surface area contributed by atoms with Crippen molar-refractivity contribution in [2.24, 2.45) is 0 Å². The first kappa shape index (κ1) is 14.2. The Morgan fingerprint density at radius 2 is 2.00 bits per heavy atom. The van der Waals surface area contributed by atoms with E-state index in [0.29, 0.717) is 6.73 Å². The largest absolute Gasteiger partial charge is 0.362 e. The van der Waals surface area contributed by atoms with Gasteiger partial charge in [-0.3, -0.25) is 4.90 Å². The number of nitrogens with zero attached hydrogens (tertiary/aromatic N) is 4. The fourth-order valence-electron chi connectivity index (χ4n) is 2.78. The molecule has 2 aromatic rings. The summed E-state index contributed by atoms with van der Waals surface area (Å²) in [6.07, 6.45) is 1.98. The van der Waals surface area contributed by atoms with Crippen LogP contribution in [0.1, 0.15) is 17.3 Å². The average molecular weight is 287 g/mol. The lowest BCUT2D eigenvalue weighted by atomic mass is 10.0. The highest BCUT2D eigenvalue weighted by atomic mass is 16.5. The van der Waals surface area contributed by atoms with Gasteiger partial charge in [0, 0.05) is 33.3 Å². The molecule has 1 aromatic carbocycles. The first-order valence-electron chi connectivity index (χ1n) is 7.27. The summed E-state index contributed by atoms with van der Waals surface area (Å²) in [5.74, 6) is 0. The lowest BCUT2D eigenvalue weighted by molar-refractivity contribution is 0.119. The molecule has 2 heterocycles. The van der Waals surface area contributed by atoms with Crippen molar-refractivity contribution in [2.45, 2.75) is 12.8 Å². The molecule has 21 heavy (non-hydrogen) atoms. The van der Waals surface area contributed by atoms with Crippen LogP contribution in [-0.4, -0.2) is 53.2 Å². The van der Waals surface area contributed by atoms with E-state index in [9.17, 15) is 0 Å². The maximum atomic E-state index is 5.11. The second-order valence-corrected chi connectivity index (χ2v) is 5.20. The summed E-state index contributed by atoms with van der Waals surface area (Å²) in [7, 11) is 1.66. The summed E-state index contributed by atoms with van der Waals surface area (Å²) < 4.78 is 6.84. The number of benzene rings is 1. The number of piperazine rings is 1. The number of ether oxygens (including phenoxy) is 1. The third-order valence-electron chi connectivity index (χ3n) is 3.73.